The second-order valence-electron chi connectivity index (χ2n) is 6.18. The number of aromatic nitrogens is 2. The van der Waals surface area contributed by atoms with Gasteiger partial charge in [0.05, 0.1) is 0 Å². The van der Waals surface area contributed by atoms with Crippen molar-refractivity contribution in [3.8, 4) is 0 Å². The van der Waals surface area contributed by atoms with Crippen LogP contribution in [0.3, 0.4) is 0 Å². The van der Waals surface area contributed by atoms with Gasteiger partial charge in [0, 0.05) is 29.9 Å². The minimum atomic E-state index is -0.184. The van der Waals surface area contributed by atoms with Gasteiger partial charge >= 0.3 is 0 Å². The van der Waals surface area contributed by atoms with Crippen molar-refractivity contribution in [3.63, 3.8) is 0 Å². The van der Waals surface area contributed by atoms with Crippen molar-refractivity contribution in [1.82, 2.24) is 15.0 Å². The molecule has 1 fully saturated rings. The largest absolute Gasteiger partial charge is 0.337 e. The second-order valence-corrected chi connectivity index (χ2v) is 7.09. The zero-order valence-electron chi connectivity index (χ0n) is 14.0. The fourth-order valence-corrected chi connectivity index (χ4v) is 3.19. The number of benzene rings is 1. The minimum absolute atomic E-state index is 0. The predicted molar refractivity (Wildman–Crippen MR) is 100 cm³/mol. The molecule has 25 heavy (non-hydrogen) atoms. The highest BCUT2D eigenvalue weighted by molar-refractivity contribution is 9.10. The van der Waals surface area contributed by atoms with Crippen LogP contribution >= 0.6 is 28.3 Å². The zero-order chi connectivity index (χ0) is 17.1. The highest BCUT2D eigenvalue weighted by atomic mass is 79.9. The molecule has 0 aliphatic carbocycles. The molecule has 1 aliphatic rings. The highest BCUT2D eigenvalue weighted by Crippen LogP contribution is 2.32. The van der Waals surface area contributed by atoms with Gasteiger partial charge in [-0.1, -0.05) is 40.1 Å². The van der Waals surface area contributed by atoms with E-state index in [1.165, 1.54) is 0 Å². The first-order chi connectivity index (χ1) is 11.6. The molecule has 6 nitrogen and oxygen atoms in total. The van der Waals surface area contributed by atoms with Crippen LogP contribution in [-0.2, 0) is 11.2 Å². The maximum Gasteiger partial charge on any atom is 0.249 e. The van der Waals surface area contributed by atoms with Crippen LogP contribution in [-0.4, -0.2) is 34.0 Å². The number of rotatable bonds is 5. The summed E-state index contributed by atoms with van der Waals surface area (Å²) in [6, 6.07) is 7.89. The molecule has 2 atom stereocenters. The molecule has 3 rings (SSSR count). The second kappa shape index (κ2) is 8.78. The summed E-state index contributed by atoms with van der Waals surface area (Å²) in [5.41, 5.74) is 6.74. The van der Waals surface area contributed by atoms with Gasteiger partial charge in [-0.2, -0.15) is 4.98 Å². The molecule has 0 radical (unpaired) electrons. The summed E-state index contributed by atoms with van der Waals surface area (Å²) in [6.45, 7) is 2.92. The number of nitrogens with zero attached hydrogens (tertiary/aromatic N) is 3. The van der Waals surface area contributed by atoms with Crippen LogP contribution in [0.2, 0.25) is 0 Å². The van der Waals surface area contributed by atoms with Crippen molar-refractivity contribution in [2.75, 3.05) is 13.1 Å². The molecule has 1 aromatic carbocycles. The number of amides is 1. The van der Waals surface area contributed by atoms with Crippen molar-refractivity contribution in [2.24, 2.45) is 11.7 Å². The summed E-state index contributed by atoms with van der Waals surface area (Å²) in [5, 5.41) is 4.08. The summed E-state index contributed by atoms with van der Waals surface area (Å²) in [6.07, 6.45) is 2.40. The lowest BCUT2D eigenvalue weighted by Gasteiger charge is -2.24. The van der Waals surface area contributed by atoms with Gasteiger partial charge in [0.25, 0.3) is 0 Å². The Morgan fingerprint density at radius 3 is 2.84 bits per heavy atom. The number of likely N-dealkylation sites (tertiary alicyclic amines) is 1. The fraction of sp³-hybridized carbons (Fsp3) is 0.471. The molecular formula is C17H22BrClN4O2. The highest BCUT2D eigenvalue weighted by Gasteiger charge is 2.35. The molecule has 8 heteroatoms. The third-order valence-corrected chi connectivity index (χ3v) is 4.88. The van der Waals surface area contributed by atoms with Crippen LogP contribution in [0.1, 0.15) is 43.1 Å². The molecule has 0 saturated carbocycles. The zero-order valence-corrected chi connectivity index (χ0v) is 16.4. The number of halogens is 2. The van der Waals surface area contributed by atoms with E-state index in [0.29, 0.717) is 24.7 Å². The topological polar surface area (TPSA) is 85.3 Å². The van der Waals surface area contributed by atoms with Crippen molar-refractivity contribution >= 4 is 34.2 Å². The summed E-state index contributed by atoms with van der Waals surface area (Å²) >= 11 is 3.42. The smallest absolute Gasteiger partial charge is 0.249 e. The van der Waals surface area contributed by atoms with Crippen LogP contribution in [0.15, 0.2) is 33.3 Å². The number of hydrogen-bond acceptors (Lipinski definition) is 5. The van der Waals surface area contributed by atoms with Crippen LogP contribution < -0.4 is 5.73 Å². The first-order valence-electron chi connectivity index (χ1n) is 8.16. The molecule has 1 aliphatic heterocycles. The monoisotopic (exact) mass is 428 g/mol. The van der Waals surface area contributed by atoms with E-state index in [1.54, 1.807) is 0 Å². The van der Waals surface area contributed by atoms with Gasteiger partial charge in [-0.15, -0.1) is 12.4 Å². The van der Waals surface area contributed by atoms with E-state index >= 15 is 0 Å². The van der Waals surface area contributed by atoms with E-state index in [9.17, 15) is 4.79 Å². The van der Waals surface area contributed by atoms with E-state index in [0.717, 1.165) is 29.4 Å². The van der Waals surface area contributed by atoms with Crippen LogP contribution in [0.4, 0.5) is 0 Å². The molecule has 0 bridgehead atoms. The van der Waals surface area contributed by atoms with Gasteiger partial charge in [0.1, 0.15) is 6.04 Å². The quantitative estimate of drug-likeness (QED) is 0.789. The molecule has 1 saturated heterocycles. The maximum atomic E-state index is 12.4. The van der Waals surface area contributed by atoms with E-state index in [4.69, 9.17) is 10.3 Å². The Morgan fingerprint density at radius 2 is 2.16 bits per heavy atom. The van der Waals surface area contributed by atoms with E-state index < -0.39 is 0 Å². The standard InChI is InChI=1S/C17H21BrN4O2.ClH/c1-11(10-19)17(23)22-8-2-3-14(22)16-20-15(21-24-16)9-12-4-6-13(18)7-5-12;/h4-7,11,14H,2-3,8-10,19H2,1H3;1H. The van der Waals surface area contributed by atoms with Gasteiger partial charge < -0.3 is 15.2 Å². The van der Waals surface area contributed by atoms with Gasteiger partial charge in [-0.25, -0.2) is 0 Å². The minimum Gasteiger partial charge on any atom is -0.337 e. The Hall–Kier alpha value is -1.44. The lowest BCUT2D eigenvalue weighted by molar-refractivity contribution is -0.136. The number of carbonyl (C=O) groups excluding carboxylic acids is 1. The lowest BCUT2D eigenvalue weighted by atomic mass is 10.1. The fourth-order valence-electron chi connectivity index (χ4n) is 2.93. The number of carbonyl (C=O) groups is 1. The maximum absolute atomic E-state index is 12.4. The molecule has 2 unspecified atom stereocenters. The molecule has 1 amide bonds. The SMILES string of the molecule is CC(CN)C(=O)N1CCCC1c1nc(Cc2ccc(Br)cc2)no1.Cl. The average molecular weight is 430 g/mol. The molecule has 1 aromatic heterocycles. The van der Waals surface area contributed by atoms with Crippen LogP contribution in [0, 0.1) is 5.92 Å². The first kappa shape index (κ1) is 19.9. The Kier molecular flexibility index (Phi) is 6.98. The van der Waals surface area contributed by atoms with E-state index in [-0.39, 0.29) is 30.3 Å². The van der Waals surface area contributed by atoms with Crippen molar-refractivity contribution in [2.45, 2.75) is 32.2 Å². The molecule has 2 N–H and O–H groups in total. The van der Waals surface area contributed by atoms with Crippen molar-refractivity contribution < 1.29 is 9.32 Å². The Morgan fingerprint density at radius 1 is 1.44 bits per heavy atom. The molecule has 2 aromatic rings. The van der Waals surface area contributed by atoms with Gasteiger partial charge in [0.15, 0.2) is 5.82 Å². The summed E-state index contributed by atoms with van der Waals surface area (Å²) in [4.78, 5) is 18.8. The molecule has 136 valence electrons. The third-order valence-electron chi connectivity index (χ3n) is 4.36. The van der Waals surface area contributed by atoms with Crippen molar-refractivity contribution in [3.05, 3.63) is 46.0 Å². The number of hydrogen-bond donors (Lipinski definition) is 1. The van der Waals surface area contributed by atoms with Gasteiger partial charge in [-0.3, -0.25) is 4.79 Å². The van der Waals surface area contributed by atoms with Crippen LogP contribution in [0.5, 0.6) is 0 Å². The Bertz CT molecular complexity index is 707. The molecule has 0 spiro atoms. The van der Waals surface area contributed by atoms with Crippen molar-refractivity contribution in [1.29, 1.82) is 0 Å². The molecule has 2 heterocycles. The van der Waals surface area contributed by atoms with Gasteiger partial charge in [-0.05, 0) is 30.5 Å². The third kappa shape index (κ3) is 4.59. The normalized spacial score (nSPS) is 18.0. The van der Waals surface area contributed by atoms with E-state index in [1.807, 2.05) is 36.1 Å². The Labute approximate surface area is 161 Å². The average Bonchev–Trinajstić information content (AvgIpc) is 3.24. The lowest BCUT2D eigenvalue weighted by Crippen LogP contribution is -2.37. The predicted octanol–water partition coefficient (Wildman–Crippen LogP) is 3.10. The summed E-state index contributed by atoms with van der Waals surface area (Å²) in [7, 11) is 0. The van der Waals surface area contributed by atoms with Gasteiger partial charge in [0.2, 0.25) is 11.8 Å². The first-order valence-corrected chi connectivity index (χ1v) is 8.95. The molecular weight excluding hydrogens is 408 g/mol. The van der Waals surface area contributed by atoms with Crippen LogP contribution in [0.25, 0.3) is 0 Å². The Balaban J connectivity index is 0.00000225. The van der Waals surface area contributed by atoms with E-state index in [2.05, 4.69) is 26.1 Å². The summed E-state index contributed by atoms with van der Waals surface area (Å²) < 4.78 is 6.48. The summed E-state index contributed by atoms with van der Waals surface area (Å²) in [5.74, 6) is 1.04. The number of nitrogens with two attached hydrogens (primary N) is 1.